The maximum absolute atomic E-state index is 13.1. The van der Waals surface area contributed by atoms with E-state index in [-0.39, 0.29) is 12.4 Å². The van der Waals surface area contributed by atoms with Crippen LogP contribution >= 0.6 is 27.3 Å². The van der Waals surface area contributed by atoms with Gasteiger partial charge < -0.3 is 4.74 Å². The molecule has 0 saturated carbocycles. The monoisotopic (exact) mass is 354 g/mol. The number of ether oxygens (including phenoxy) is 1. The summed E-state index contributed by atoms with van der Waals surface area (Å²) in [4.78, 5) is 0.852. The van der Waals surface area contributed by atoms with Gasteiger partial charge in [-0.25, -0.2) is 4.39 Å². The second-order valence-electron chi connectivity index (χ2n) is 3.63. The average Bonchev–Trinajstić information content (AvgIpc) is 2.72. The highest BCUT2D eigenvalue weighted by atomic mass is 79.9. The zero-order valence-corrected chi connectivity index (χ0v) is 11.7. The summed E-state index contributed by atoms with van der Waals surface area (Å²) in [7, 11) is 0. The third kappa shape index (κ3) is 3.70. The van der Waals surface area contributed by atoms with Crippen LogP contribution in [0.25, 0.3) is 0 Å². The maximum Gasteiger partial charge on any atom is 0.419 e. The summed E-state index contributed by atoms with van der Waals surface area (Å²) < 4.78 is 56.7. The van der Waals surface area contributed by atoms with E-state index < -0.39 is 17.6 Å². The number of halogens is 5. The molecular formula is C12H7BrF4OS. The van der Waals surface area contributed by atoms with Crippen molar-refractivity contribution < 1.29 is 22.3 Å². The SMILES string of the molecule is Fc1ccc(OCc2ccc(Br)s2)cc1C(F)(F)F. The topological polar surface area (TPSA) is 9.23 Å². The van der Waals surface area contributed by atoms with Crippen LogP contribution in [0.3, 0.4) is 0 Å². The Balaban J connectivity index is 2.13. The maximum atomic E-state index is 13.1. The summed E-state index contributed by atoms with van der Waals surface area (Å²) in [5, 5.41) is 0. The Hall–Kier alpha value is -1.08. The molecule has 19 heavy (non-hydrogen) atoms. The Bertz CT molecular complexity index is 579. The normalized spacial score (nSPS) is 11.6. The van der Waals surface area contributed by atoms with Crippen molar-refractivity contribution in [3.05, 3.63) is 50.4 Å². The van der Waals surface area contributed by atoms with Crippen LogP contribution in [0.1, 0.15) is 10.4 Å². The third-order valence-corrected chi connectivity index (χ3v) is 3.85. The Morgan fingerprint density at radius 2 is 1.89 bits per heavy atom. The molecule has 0 aliphatic rings. The highest BCUT2D eigenvalue weighted by Crippen LogP contribution is 2.34. The largest absolute Gasteiger partial charge is 0.488 e. The molecule has 1 aromatic heterocycles. The molecule has 102 valence electrons. The predicted octanol–water partition coefficient (Wildman–Crippen LogP) is 5.25. The highest BCUT2D eigenvalue weighted by molar-refractivity contribution is 9.11. The molecule has 0 saturated heterocycles. The predicted molar refractivity (Wildman–Crippen MR) is 67.8 cm³/mol. The minimum atomic E-state index is -4.73. The highest BCUT2D eigenvalue weighted by Gasteiger charge is 2.34. The lowest BCUT2D eigenvalue weighted by Gasteiger charge is -2.10. The van der Waals surface area contributed by atoms with Gasteiger partial charge in [0.05, 0.1) is 9.35 Å². The van der Waals surface area contributed by atoms with Crippen molar-refractivity contribution in [2.24, 2.45) is 0 Å². The third-order valence-electron chi connectivity index (χ3n) is 2.25. The molecule has 1 aromatic carbocycles. The van der Waals surface area contributed by atoms with Gasteiger partial charge in [0, 0.05) is 4.88 Å². The number of hydrogen-bond donors (Lipinski definition) is 0. The molecule has 0 fully saturated rings. The molecule has 7 heteroatoms. The molecule has 1 nitrogen and oxygen atoms in total. The number of rotatable bonds is 3. The van der Waals surface area contributed by atoms with Gasteiger partial charge in [0.2, 0.25) is 0 Å². The fraction of sp³-hybridized carbons (Fsp3) is 0.167. The van der Waals surface area contributed by atoms with Gasteiger partial charge in [-0.05, 0) is 46.3 Å². The van der Waals surface area contributed by atoms with Gasteiger partial charge in [-0.3, -0.25) is 0 Å². The Morgan fingerprint density at radius 1 is 1.16 bits per heavy atom. The zero-order valence-electron chi connectivity index (χ0n) is 9.30. The van der Waals surface area contributed by atoms with E-state index in [1.807, 2.05) is 6.07 Å². The molecule has 0 unspecified atom stereocenters. The van der Waals surface area contributed by atoms with Crippen molar-refractivity contribution in [3.63, 3.8) is 0 Å². The van der Waals surface area contributed by atoms with Gasteiger partial charge in [0.15, 0.2) is 0 Å². The van der Waals surface area contributed by atoms with E-state index >= 15 is 0 Å². The van der Waals surface area contributed by atoms with E-state index in [1.165, 1.54) is 17.4 Å². The van der Waals surface area contributed by atoms with Crippen LogP contribution in [0, 0.1) is 5.82 Å². The van der Waals surface area contributed by atoms with E-state index in [2.05, 4.69) is 15.9 Å². The first-order valence-corrected chi connectivity index (χ1v) is 6.71. The van der Waals surface area contributed by atoms with Crippen LogP contribution in [0.15, 0.2) is 34.1 Å². The van der Waals surface area contributed by atoms with E-state index in [1.54, 1.807) is 6.07 Å². The molecule has 0 aliphatic heterocycles. The average molecular weight is 355 g/mol. The van der Waals surface area contributed by atoms with Crippen molar-refractivity contribution in [1.29, 1.82) is 0 Å². The second kappa shape index (κ2) is 5.50. The molecule has 0 spiro atoms. The molecule has 2 aromatic rings. The molecule has 2 rings (SSSR count). The Labute approximate surface area is 119 Å². The van der Waals surface area contributed by atoms with E-state index in [9.17, 15) is 17.6 Å². The number of alkyl halides is 3. The minimum Gasteiger partial charge on any atom is -0.488 e. The van der Waals surface area contributed by atoms with Gasteiger partial charge in [0.25, 0.3) is 0 Å². The molecule has 0 aliphatic carbocycles. The lowest BCUT2D eigenvalue weighted by molar-refractivity contribution is -0.140. The standard InChI is InChI=1S/C12H7BrF4OS/c13-11-4-2-8(19-11)6-18-7-1-3-10(14)9(5-7)12(15,16)17/h1-5H,6H2. The van der Waals surface area contributed by atoms with Crippen molar-refractivity contribution in [2.45, 2.75) is 12.8 Å². The van der Waals surface area contributed by atoms with Crippen molar-refractivity contribution in [1.82, 2.24) is 0 Å². The number of thiophene rings is 1. The second-order valence-corrected chi connectivity index (χ2v) is 6.18. The van der Waals surface area contributed by atoms with Crippen molar-refractivity contribution >= 4 is 27.3 Å². The summed E-state index contributed by atoms with van der Waals surface area (Å²) in [6.07, 6.45) is -4.73. The summed E-state index contributed by atoms with van der Waals surface area (Å²) >= 11 is 4.69. The van der Waals surface area contributed by atoms with Crippen LogP contribution in [-0.4, -0.2) is 0 Å². The fourth-order valence-corrected chi connectivity index (χ4v) is 2.79. The summed E-state index contributed by atoms with van der Waals surface area (Å²) in [6.45, 7) is 0.138. The molecule has 0 radical (unpaired) electrons. The molecule has 1 heterocycles. The smallest absolute Gasteiger partial charge is 0.419 e. The minimum absolute atomic E-state index is 0.0155. The molecule has 0 N–H and O–H groups in total. The van der Waals surface area contributed by atoms with E-state index in [0.29, 0.717) is 6.07 Å². The van der Waals surface area contributed by atoms with Gasteiger partial charge in [-0.2, -0.15) is 13.2 Å². The number of benzene rings is 1. The van der Waals surface area contributed by atoms with E-state index in [0.717, 1.165) is 14.7 Å². The Kier molecular flexibility index (Phi) is 4.15. The summed E-state index contributed by atoms with van der Waals surface area (Å²) in [5.41, 5.74) is -1.32. The number of hydrogen-bond acceptors (Lipinski definition) is 2. The van der Waals surface area contributed by atoms with Crippen molar-refractivity contribution in [2.75, 3.05) is 0 Å². The van der Waals surface area contributed by atoms with Crippen LogP contribution in [0.4, 0.5) is 17.6 Å². The van der Waals surface area contributed by atoms with Crippen LogP contribution < -0.4 is 4.74 Å². The van der Waals surface area contributed by atoms with Crippen LogP contribution in [-0.2, 0) is 12.8 Å². The van der Waals surface area contributed by atoms with Gasteiger partial charge in [0.1, 0.15) is 18.2 Å². The first-order chi connectivity index (χ1) is 8.86. The summed E-state index contributed by atoms with van der Waals surface area (Å²) in [5.74, 6) is -1.32. The zero-order chi connectivity index (χ0) is 14.0. The lowest BCUT2D eigenvalue weighted by atomic mass is 10.2. The molecular weight excluding hydrogens is 348 g/mol. The van der Waals surface area contributed by atoms with Crippen molar-refractivity contribution in [3.8, 4) is 5.75 Å². The van der Waals surface area contributed by atoms with Crippen LogP contribution in [0.2, 0.25) is 0 Å². The Morgan fingerprint density at radius 3 is 2.47 bits per heavy atom. The molecule has 0 bridgehead atoms. The molecule has 0 amide bonds. The fourth-order valence-electron chi connectivity index (χ4n) is 1.40. The lowest BCUT2D eigenvalue weighted by Crippen LogP contribution is -2.08. The van der Waals surface area contributed by atoms with E-state index in [4.69, 9.17) is 4.74 Å². The molecule has 0 atom stereocenters. The van der Waals surface area contributed by atoms with Gasteiger partial charge in [-0.15, -0.1) is 11.3 Å². The first kappa shape index (κ1) is 14.3. The van der Waals surface area contributed by atoms with Gasteiger partial charge in [-0.1, -0.05) is 0 Å². The first-order valence-electron chi connectivity index (χ1n) is 5.10. The van der Waals surface area contributed by atoms with Crippen LogP contribution in [0.5, 0.6) is 5.75 Å². The van der Waals surface area contributed by atoms with Gasteiger partial charge >= 0.3 is 6.18 Å². The summed E-state index contributed by atoms with van der Waals surface area (Å²) in [6, 6.07) is 6.20. The quantitative estimate of drug-likeness (QED) is 0.684.